The van der Waals surface area contributed by atoms with Crippen LogP contribution in [0.2, 0.25) is 0 Å². The number of esters is 1. The predicted octanol–water partition coefficient (Wildman–Crippen LogP) is 3.42. The van der Waals surface area contributed by atoms with E-state index in [1.807, 2.05) is 30.3 Å². The molecule has 0 saturated carbocycles. The first-order chi connectivity index (χ1) is 9.65. The molecule has 0 amide bonds. The summed E-state index contributed by atoms with van der Waals surface area (Å²) in [5.74, 6) is -0.611. The summed E-state index contributed by atoms with van der Waals surface area (Å²) in [5, 5.41) is 0. The van der Waals surface area contributed by atoms with Gasteiger partial charge in [0.15, 0.2) is 12.4 Å². The number of Topliss-reactive ketones (excluding diaryl/α,β-unsaturated/α-hetero) is 1. The van der Waals surface area contributed by atoms with Crippen LogP contribution in [0.5, 0.6) is 0 Å². The van der Waals surface area contributed by atoms with Gasteiger partial charge in [0, 0.05) is 10.0 Å². The minimum Gasteiger partial charge on any atom is -0.457 e. The van der Waals surface area contributed by atoms with Crippen molar-refractivity contribution in [3.05, 3.63) is 70.2 Å². The highest BCUT2D eigenvalue weighted by Gasteiger charge is 2.10. The molecule has 4 heteroatoms. The summed E-state index contributed by atoms with van der Waals surface area (Å²) in [6.07, 6.45) is 0.175. The van der Waals surface area contributed by atoms with Crippen LogP contribution in [0.15, 0.2) is 59.1 Å². The van der Waals surface area contributed by atoms with E-state index in [2.05, 4.69) is 15.9 Å². The minimum absolute atomic E-state index is 0.175. The van der Waals surface area contributed by atoms with Gasteiger partial charge < -0.3 is 4.74 Å². The lowest BCUT2D eigenvalue weighted by Crippen LogP contribution is -2.15. The highest BCUT2D eigenvalue weighted by Crippen LogP contribution is 2.11. The van der Waals surface area contributed by atoms with Crippen molar-refractivity contribution in [2.75, 3.05) is 6.61 Å². The molecule has 0 heterocycles. The Kier molecular flexibility index (Phi) is 5.07. The third-order valence-corrected chi connectivity index (χ3v) is 3.25. The largest absolute Gasteiger partial charge is 0.457 e. The molecule has 0 aliphatic heterocycles. The molecule has 0 aromatic heterocycles. The monoisotopic (exact) mass is 332 g/mol. The van der Waals surface area contributed by atoms with Crippen LogP contribution in [0.3, 0.4) is 0 Å². The molecule has 3 nitrogen and oxygen atoms in total. The molecule has 0 N–H and O–H groups in total. The van der Waals surface area contributed by atoms with E-state index in [0.717, 1.165) is 10.0 Å². The van der Waals surface area contributed by atoms with Gasteiger partial charge in [0.2, 0.25) is 0 Å². The lowest BCUT2D eigenvalue weighted by Gasteiger charge is -2.04. The molecule has 2 rings (SSSR count). The molecule has 2 aromatic carbocycles. The first kappa shape index (κ1) is 14.5. The van der Waals surface area contributed by atoms with E-state index in [0.29, 0.717) is 5.56 Å². The molecule has 0 aliphatic carbocycles. The zero-order valence-corrected chi connectivity index (χ0v) is 12.3. The molecule has 0 aliphatic rings. The Morgan fingerprint density at radius 1 is 0.950 bits per heavy atom. The molecule has 0 saturated heterocycles. The second kappa shape index (κ2) is 7.01. The van der Waals surface area contributed by atoms with E-state index < -0.39 is 5.97 Å². The Morgan fingerprint density at radius 2 is 1.60 bits per heavy atom. The Labute approximate surface area is 125 Å². The Hall–Kier alpha value is -1.94. The molecule has 0 atom stereocenters. The van der Waals surface area contributed by atoms with E-state index in [9.17, 15) is 9.59 Å². The van der Waals surface area contributed by atoms with Crippen LogP contribution in [0.1, 0.15) is 15.9 Å². The SMILES string of the molecule is O=C(Cc1ccccc1)OCC(=O)c1ccc(Br)cc1. The van der Waals surface area contributed by atoms with Gasteiger partial charge in [0.25, 0.3) is 0 Å². The standard InChI is InChI=1S/C16H13BrO3/c17-14-8-6-13(7-9-14)15(18)11-20-16(19)10-12-4-2-1-3-5-12/h1-9H,10-11H2. The quantitative estimate of drug-likeness (QED) is 0.622. The fourth-order valence-corrected chi connectivity index (χ4v) is 1.94. The van der Waals surface area contributed by atoms with Gasteiger partial charge in [-0.2, -0.15) is 0 Å². The number of halogens is 1. The molecule has 0 unspecified atom stereocenters. The van der Waals surface area contributed by atoms with Gasteiger partial charge in [-0.15, -0.1) is 0 Å². The van der Waals surface area contributed by atoms with Gasteiger partial charge in [-0.1, -0.05) is 58.4 Å². The third-order valence-electron chi connectivity index (χ3n) is 2.72. The maximum absolute atomic E-state index is 11.8. The van der Waals surface area contributed by atoms with Crippen molar-refractivity contribution in [2.45, 2.75) is 6.42 Å². The zero-order valence-electron chi connectivity index (χ0n) is 10.7. The molecule has 0 fully saturated rings. The van der Waals surface area contributed by atoms with Gasteiger partial charge in [-0.05, 0) is 17.7 Å². The first-order valence-electron chi connectivity index (χ1n) is 6.13. The highest BCUT2D eigenvalue weighted by atomic mass is 79.9. The molecule has 0 bridgehead atoms. The third kappa shape index (κ3) is 4.31. The maximum Gasteiger partial charge on any atom is 0.310 e. The lowest BCUT2D eigenvalue weighted by atomic mass is 10.1. The fourth-order valence-electron chi connectivity index (χ4n) is 1.68. The summed E-state index contributed by atoms with van der Waals surface area (Å²) >= 11 is 3.30. The topological polar surface area (TPSA) is 43.4 Å². The second-order valence-corrected chi connectivity index (χ2v) is 5.17. The van der Waals surface area contributed by atoms with Crippen LogP contribution >= 0.6 is 15.9 Å². The van der Waals surface area contributed by atoms with Gasteiger partial charge in [0.05, 0.1) is 6.42 Å². The number of hydrogen-bond donors (Lipinski definition) is 0. The number of carbonyl (C=O) groups excluding carboxylic acids is 2. The average molecular weight is 333 g/mol. The van der Waals surface area contributed by atoms with Crippen LogP contribution in [0.4, 0.5) is 0 Å². The number of carbonyl (C=O) groups is 2. The van der Waals surface area contributed by atoms with Gasteiger partial charge >= 0.3 is 5.97 Å². The predicted molar refractivity (Wildman–Crippen MR) is 79.6 cm³/mol. The average Bonchev–Trinajstić information content (AvgIpc) is 2.46. The number of hydrogen-bond acceptors (Lipinski definition) is 3. The van der Waals surface area contributed by atoms with Gasteiger partial charge in [0.1, 0.15) is 0 Å². The molecule has 20 heavy (non-hydrogen) atoms. The molecule has 2 aromatic rings. The summed E-state index contributed by atoms with van der Waals surface area (Å²) in [4.78, 5) is 23.4. The van der Waals surface area contributed by atoms with Crippen LogP contribution in [0.25, 0.3) is 0 Å². The number of ether oxygens (including phenoxy) is 1. The Bertz CT molecular complexity index is 591. The van der Waals surface area contributed by atoms with E-state index >= 15 is 0 Å². The van der Waals surface area contributed by atoms with Crippen molar-refractivity contribution in [2.24, 2.45) is 0 Å². The summed E-state index contributed by atoms with van der Waals surface area (Å²) in [6, 6.07) is 16.2. The maximum atomic E-state index is 11.8. The molecule has 0 radical (unpaired) electrons. The van der Waals surface area contributed by atoms with Crippen molar-refractivity contribution >= 4 is 27.7 Å². The van der Waals surface area contributed by atoms with Gasteiger partial charge in [-0.25, -0.2) is 0 Å². The zero-order chi connectivity index (χ0) is 14.4. The van der Waals surface area contributed by atoms with Crippen molar-refractivity contribution in [3.8, 4) is 0 Å². The fraction of sp³-hybridized carbons (Fsp3) is 0.125. The van der Waals surface area contributed by atoms with Crippen molar-refractivity contribution < 1.29 is 14.3 Å². The normalized spacial score (nSPS) is 10.1. The van der Waals surface area contributed by atoms with E-state index in [1.54, 1.807) is 24.3 Å². The Balaban J connectivity index is 1.84. The van der Waals surface area contributed by atoms with E-state index in [1.165, 1.54) is 0 Å². The summed E-state index contributed by atoms with van der Waals surface area (Å²) in [7, 11) is 0. The van der Waals surface area contributed by atoms with Crippen LogP contribution in [-0.4, -0.2) is 18.4 Å². The minimum atomic E-state index is -0.401. The molecule has 102 valence electrons. The van der Waals surface area contributed by atoms with Crippen molar-refractivity contribution in [1.29, 1.82) is 0 Å². The van der Waals surface area contributed by atoms with E-state index in [-0.39, 0.29) is 18.8 Å². The molecular formula is C16H13BrO3. The summed E-state index contributed by atoms with van der Waals surface area (Å²) in [5.41, 5.74) is 1.40. The number of ketones is 1. The summed E-state index contributed by atoms with van der Waals surface area (Å²) < 4.78 is 5.89. The molecular weight excluding hydrogens is 320 g/mol. The Morgan fingerprint density at radius 3 is 2.25 bits per heavy atom. The number of rotatable bonds is 5. The summed E-state index contributed by atoms with van der Waals surface area (Å²) in [6.45, 7) is -0.229. The molecule has 0 spiro atoms. The van der Waals surface area contributed by atoms with Crippen molar-refractivity contribution in [3.63, 3.8) is 0 Å². The van der Waals surface area contributed by atoms with Crippen molar-refractivity contribution in [1.82, 2.24) is 0 Å². The van der Waals surface area contributed by atoms with Crippen LogP contribution < -0.4 is 0 Å². The van der Waals surface area contributed by atoms with Gasteiger partial charge in [-0.3, -0.25) is 9.59 Å². The highest BCUT2D eigenvalue weighted by molar-refractivity contribution is 9.10. The second-order valence-electron chi connectivity index (χ2n) is 4.25. The number of benzene rings is 2. The van der Waals surface area contributed by atoms with Crippen LogP contribution in [0, 0.1) is 0 Å². The van der Waals surface area contributed by atoms with Crippen LogP contribution in [-0.2, 0) is 16.0 Å². The smallest absolute Gasteiger partial charge is 0.310 e. The lowest BCUT2D eigenvalue weighted by molar-refractivity contribution is -0.141. The van der Waals surface area contributed by atoms with E-state index in [4.69, 9.17) is 4.74 Å². The first-order valence-corrected chi connectivity index (χ1v) is 6.93.